The molecule has 1 aliphatic carbocycles. The van der Waals surface area contributed by atoms with Crippen LogP contribution in [0.25, 0.3) is 0 Å². The maximum Gasteiger partial charge on any atom is 0.400 e. The molecule has 1 fully saturated rings. The first-order valence-electron chi connectivity index (χ1n) is 4.76. The highest BCUT2D eigenvalue weighted by Crippen LogP contribution is 2.44. The third-order valence-corrected chi connectivity index (χ3v) is 2.34. The third-order valence-electron chi connectivity index (χ3n) is 2.34. The highest BCUT2D eigenvalue weighted by atomic mass is 19.3. The lowest BCUT2D eigenvalue weighted by Crippen LogP contribution is -2.27. The number of benzene rings is 1. The van der Waals surface area contributed by atoms with Gasteiger partial charge >= 0.3 is 6.11 Å². The van der Waals surface area contributed by atoms with E-state index in [1.807, 2.05) is 0 Å². The SMILES string of the molecule is C#Cc1ccccc1OC(F)(F)C1CC1. The Morgan fingerprint density at radius 3 is 2.60 bits per heavy atom. The molecule has 15 heavy (non-hydrogen) atoms. The van der Waals surface area contributed by atoms with Gasteiger partial charge in [0.05, 0.1) is 11.5 Å². The fourth-order valence-electron chi connectivity index (χ4n) is 1.32. The standard InChI is InChI=1S/C12H10F2O/c1-2-9-5-3-4-6-11(9)15-12(13,14)10-7-8-10/h1,3-6,10H,7-8H2. The van der Waals surface area contributed by atoms with Crippen LogP contribution in [0.1, 0.15) is 18.4 Å². The van der Waals surface area contributed by atoms with E-state index in [-0.39, 0.29) is 5.75 Å². The first-order chi connectivity index (χ1) is 7.13. The van der Waals surface area contributed by atoms with E-state index in [2.05, 4.69) is 10.7 Å². The topological polar surface area (TPSA) is 9.23 Å². The van der Waals surface area contributed by atoms with Crippen molar-refractivity contribution in [2.45, 2.75) is 19.0 Å². The van der Waals surface area contributed by atoms with E-state index in [0.717, 1.165) is 0 Å². The number of halogens is 2. The zero-order chi connectivity index (χ0) is 10.9. The Balaban J connectivity index is 2.20. The molecule has 0 aromatic heterocycles. The quantitative estimate of drug-likeness (QED) is 0.694. The van der Waals surface area contributed by atoms with Gasteiger partial charge in [-0.05, 0) is 25.0 Å². The normalized spacial score (nSPS) is 15.8. The van der Waals surface area contributed by atoms with E-state index in [1.54, 1.807) is 18.2 Å². The zero-order valence-corrected chi connectivity index (χ0v) is 8.04. The number of hydrogen-bond donors (Lipinski definition) is 0. The van der Waals surface area contributed by atoms with Crippen LogP contribution in [0.5, 0.6) is 5.75 Å². The second-order valence-electron chi connectivity index (χ2n) is 3.58. The lowest BCUT2D eigenvalue weighted by molar-refractivity contribution is -0.192. The van der Waals surface area contributed by atoms with Gasteiger partial charge in [0.2, 0.25) is 0 Å². The van der Waals surface area contributed by atoms with E-state index in [4.69, 9.17) is 6.42 Å². The molecule has 0 unspecified atom stereocenters. The van der Waals surface area contributed by atoms with Crippen molar-refractivity contribution in [2.24, 2.45) is 5.92 Å². The molecule has 1 aliphatic rings. The minimum atomic E-state index is -3.09. The van der Waals surface area contributed by atoms with Gasteiger partial charge in [-0.2, -0.15) is 8.78 Å². The predicted molar refractivity (Wildman–Crippen MR) is 52.7 cm³/mol. The summed E-state index contributed by atoms with van der Waals surface area (Å²) in [6, 6.07) is 6.36. The van der Waals surface area contributed by atoms with Crippen LogP contribution in [0.3, 0.4) is 0 Å². The van der Waals surface area contributed by atoms with Gasteiger partial charge in [0.15, 0.2) is 0 Å². The number of ether oxygens (including phenoxy) is 1. The Labute approximate surface area is 87.1 Å². The molecule has 1 aromatic carbocycles. The Hall–Kier alpha value is -1.56. The molecule has 0 bridgehead atoms. The molecule has 0 aliphatic heterocycles. The summed E-state index contributed by atoms with van der Waals surface area (Å²) >= 11 is 0. The molecule has 0 radical (unpaired) electrons. The van der Waals surface area contributed by atoms with Crippen LogP contribution in [-0.4, -0.2) is 6.11 Å². The van der Waals surface area contributed by atoms with Crippen LogP contribution in [0.2, 0.25) is 0 Å². The van der Waals surface area contributed by atoms with Crippen molar-refractivity contribution in [3.63, 3.8) is 0 Å². The van der Waals surface area contributed by atoms with Gasteiger partial charge in [0, 0.05) is 0 Å². The van der Waals surface area contributed by atoms with E-state index in [1.165, 1.54) is 6.07 Å². The molecular weight excluding hydrogens is 198 g/mol. The van der Waals surface area contributed by atoms with E-state index in [9.17, 15) is 8.78 Å². The first kappa shape index (κ1) is 9.97. The van der Waals surface area contributed by atoms with Crippen LogP contribution in [0.15, 0.2) is 24.3 Å². The lowest BCUT2D eigenvalue weighted by Gasteiger charge is -2.18. The van der Waals surface area contributed by atoms with Gasteiger partial charge in [-0.15, -0.1) is 6.42 Å². The third kappa shape index (κ3) is 2.10. The van der Waals surface area contributed by atoms with E-state index >= 15 is 0 Å². The maximum atomic E-state index is 13.3. The molecular formula is C12H10F2O. The fourth-order valence-corrected chi connectivity index (χ4v) is 1.32. The molecule has 1 aromatic rings. The van der Waals surface area contributed by atoms with E-state index in [0.29, 0.717) is 18.4 Å². The molecule has 1 nitrogen and oxygen atoms in total. The van der Waals surface area contributed by atoms with Gasteiger partial charge in [-0.1, -0.05) is 18.1 Å². The monoisotopic (exact) mass is 208 g/mol. The summed E-state index contributed by atoms with van der Waals surface area (Å²) in [7, 11) is 0. The van der Waals surface area contributed by atoms with Crippen molar-refractivity contribution < 1.29 is 13.5 Å². The highest BCUT2D eigenvalue weighted by Gasteiger charge is 2.49. The molecule has 0 saturated heterocycles. The highest BCUT2D eigenvalue weighted by molar-refractivity contribution is 5.44. The molecule has 0 spiro atoms. The van der Waals surface area contributed by atoms with Crippen LogP contribution < -0.4 is 4.74 Å². The molecule has 78 valence electrons. The first-order valence-corrected chi connectivity index (χ1v) is 4.76. The minimum Gasteiger partial charge on any atom is -0.431 e. The number of para-hydroxylation sites is 1. The summed E-state index contributed by atoms with van der Waals surface area (Å²) in [5, 5.41) is 0. The summed E-state index contributed by atoms with van der Waals surface area (Å²) in [4.78, 5) is 0. The van der Waals surface area contributed by atoms with Gasteiger partial charge in [-0.25, -0.2) is 0 Å². The van der Waals surface area contributed by atoms with Gasteiger partial charge in [0.25, 0.3) is 0 Å². The van der Waals surface area contributed by atoms with Gasteiger partial charge < -0.3 is 4.74 Å². The number of rotatable bonds is 3. The van der Waals surface area contributed by atoms with Gasteiger partial charge in [0.1, 0.15) is 5.75 Å². The van der Waals surface area contributed by atoms with Crippen molar-refractivity contribution >= 4 is 0 Å². The second-order valence-corrected chi connectivity index (χ2v) is 3.58. The number of hydrogen-bond acceptors (Lipinski definition) is 1. The Bertz CT molecular complexity index is 402. The average molecular weight is 208 g/mol. The average Bonchev–Trinajstić information content (AvgIpc) is 3.01. The molecule has 0 amide bonds. The number of terminal acetylenes is 1. The predicted octanol–water partition coefficient (Wildman–Crippen LogP) is 3.05. The molecule has 0 heterocycles. The summed E-state index contributed by atoms with van der Waals surface area (Å²) < 4.78 is 31.3. The maximum absolute atomic E-state index is 13.3. The molecule has 2 rings (SSSR count). The lowest BCUT2D eigenvalue weighted by atomic mass is 10.2. The second kappa shape index (κ2) is 3.54. The van der Waals surface area contributed by atoms with Crippen LogP contribution >= 0.6 is 0 Å². The van der Waals surface area contributed by atoms with Crippen molar-refractivity contribution in [1.82, 2.24) is 0 Å². The summed E-state index contributed by atoms with van der Waals surface area (Å²) in [6.45, 7) is 0. The molecule has 1 saturated carbocycles. The van der Waals surface area contributed by atoms with Crippen molar-refractivity contribution in [1.29, 1.82) is 0 Å². The smallest absolute Gasteiger partial charge is 0.400 e. The summed E-state index contributed by atoms with van der Waals surface area (Å²) in [6.07, 6.45) is 3.13. The summed E-state index contributed by atoms with van der Waals surface area (Å²) in [5.74, 6) is 1.75. The Morgan fingerprint density at radius 2 is 2.00 bits per heavy atom. The Morgan fingerprint density at radius 1 is 1.33 bits per heavy atom. The molecule has 0 N–H and O–H groups in total. The number of alkyl halides is 2. The van der Waals surface area contributed by atoms with Crippen LogP contribution in [-0.2, 0) is 0 Å². The van der Waals surface area contributed by atoms with Crippen LogP contribution in [0.4, 0.5) is 8.78 Å². The van der Waals surface area contributed by atoms with Crippen molar-refractivity contribution in [3.8, 4) is 18.1 Å². The largest absolute Gasteiger partial charge is 0.431 e. The van der Waals surface area contributed by atoms with E-state index < -0.39 is 12.0 Å². The Kier molecular flexibility index (Phi) is 2.36. The molecule has 0 atom stereocenters. The van der Waals surface area contributed by atoms with Crippen LogP contribution in [0, 0.1) is 18.3 Å². The molecule has 3 heteroatoms. The summed E-state index contributed by atoms with van der Waals surface area (Å²) in [5.41, 5.74) is 0.359. The van der Waals surface area contributed by atoms with Crippen molar-refractivity contribution in [3.05, 3.63) is 29.8 Å². The zero-order valence-electron chi connectivity index (χ0n) is 8.04. The fraction of sp³-hybridized carbons (Fsp3) is 0.333. The van der Waals surface area contributed by atoms with Gasteiger partial charge in [-0.3, -0.25) is 0 Å². The minimum absolute atomic E-state index is 0.0805. The van der Waals surface area contributed by atoms with Crippen molar-refractivity contribution in [2.75, 3.05) is 0 Å².